The lowest BCUT2D eigenvalue weighted by Crippen LogP contribution is -2.20. The molecule has 1 aliphatic heterocycles. The zero-order valence-corrected chi connectivity index (χ0v) is 18.2. The Balaban J connectivity index is 1.59. The van der Waals surface area contributed by atoms with Gasteiger partial charge in [-0.1, -0.05) is 42.5 Å². The Morgan fingerprint density at radius 2 is 1.45 bits per heavy atom. The first kappa shape index (κ1) is 23.1. The van der Waals surface area contributed by atoms with Crippen molar-refractivity contribution in [2.75, 3.05) is 13.1 Å². The number of benzene rings is 3. The quantitative estimate of drug-likeness (QED) is 0.251. The maximum absolute atomic E-state index is 14.9. The van der Waals surface area contributed by atoms with Crippen molar-refractivity contribution < 1.29 is 27.0 Å². The van der Waals surface area contributed by atoms with Gasteiger partial charge in [-0.25, -0.2) is 13.2 Å². The molecule has 0 bridgehead atoms. The highest BCUT2D eigenvalue weighted by atomic mass is 19.2. The first-order chi connectivity index (χ1) is 15.9. The molecule has 0 aromatic heterocycles. The molecule has 7 heteroatoms. The van der Waals surface area contributed by atoms with Gasteiger partial charge in [0.2, 0.25) is 5.82 Å². The molecule has 2 unspecified atom stereocenters. The normalized spacial score (nSPS) is 18.2. The number of hydrogen-bond donors (Lipinski definition) is 0. The number of halogens is 4. The lowest BCUT2D eigenvalue weighted by atomic mass is 9.92. The SMILES string of the molecule is BCOc1ccc(-c2ccc(-c3ccc(C4CCC(C=C)CO4)c(F)c3F)cc2)c(F)c1F. The molecule has 0 saturated carbocycles. The van der Waals surface area contributed by atoms with Crippen molar-refractivity contribution in [3.05, 3.63) is 90.0 Å². The monoisotopic (exact) mass is 454 g/mol. The van der Waals surface area contributed by atoms with E-state index in [0.717, 1.165) is 6.42 Å². The maximum atomic E-state index is 14.9. The van der Waals surface area contributed by atoms with Crippen LogP contribution in [-0.2, 0) is 4.74 Å². The molecule has 0 amide bonds. The lowest BCUT2D eigenvalue weighted by molar-refractivity contribution is -0.00732. The molecule has 1 fully saturated rings. The fourth-order valence-electron chi connectivity index (χ4n) is 4.09. The van der Waals surface area contributed by atoms with Crippen LogP contribution >= 0.6 is 0 Å². The lowest BCUT2D eigenvalue weighted by Gasteiger charge is -2.28. The molecule has 1 heterocycles. The van der Waals surface area contributed by atoms with Gasteiger partial charge in [-0.05, 0) is 36.1 Å². The molecule has 33 heavy (non-hydrogen) atoms. The van der Waals surface area contributed by atoms with Crippen LogP contribution in [0.3, 0.4) is 0 Å². The highest BCUT2D eigenvalue weighted by Crippen LogP contribution is 2.36. The largest absolute Gasteiger partial charge is 0.500 e. The molecule has 2 nitrogen and oxygen atoms in total. The molecular weight excluding hydrogens is 431 g/mol. The molecule has 3 aromatic rings. The van der Waals surface area contributed by atoms with Gasteiger partial charge in [0.1, 0.15) is 0 Å². The predicted molar refractivity (Wildman–Crippen MR) is 123 cm³/mol. The van der Waals surface area contributed by atoms with Crippen molar-refractivity contribution in [3.63, 3.8) is 0 Å². The first-order valence-electron chi connectivity index (χ1n) is 10.9. The number of rotatable bonds is 6. The van der Waals surface area contributed by atoms with Crippen LogP contribution in [0.25, 0.3) is 22.3 Å². The summed E-state index contributed by atoms with van der Waals surface area (Å²) in [5.41, 5.74) is 1.16. The van der Waals surface area contributed by atoms with Crippen LogP contribution in [0.1, 0.15) is 24.5 Å². The van der Waals surface area contributed by atoms with E-state index in [1.807, 2.05) is 6.08 Å². The van der Waals surface area contributed by atoms with Gasteiger partial charge >= 0.3 is 0 Å². The maximum Gasteiger partial charge on any atom is 0.201 e. The molecule has 0 radical (unpaired) electrons. The van der Waals surface area contributed by atoms with E-state index in [1.54, 1.807) is 38.2 Å². The van der Waals surface area contributed by atoms with E-state index in [0.29, 0.717) is 24.2 Å². The molecule has 4 rings (SSSR count). The van der Waals surface area contributed by atoms with Gasteiger partial charge in [0.25, 0.3) is 0 Å². The van der Waals surface area contributed by atoms with Gasteiger partial charge in [-0.3, -0.25) is 0 Å². The Labute approximate surface area is 191 Å². The second-order valence-electron chi connectivity index (χ2n) is 7.98. The molecule has 1 saturated heterocycles. The van der Waals surface area contributed by atoms with E-state index >= 15 is 0 Å². The highest BCUT2D eigenvalue weighted by Gasteiger charge is 2.26. The Morgan fingerprint density at radius 3 is 2.00 bits per heavy atom. The molecule has 0 aliphatic carbocycles. The third-order valence-corrected chi connectivity index (χ3v) is 5.96. The average Bonchev–Trinajstić information content (AvgIpc) is 2.84. The highest BCUT2D eigenvalue weighted by molar-refractivity contribution is 6.08. The van der Waals surface area contributed by atoms with Crippen molar-refractivity contribution in [3.8, 4) is 28.0 Å². The van der Waals surface area contributed by atoms with Gasteiger partial charge < -0.3 is 9.47 Å². The molecule has 1 aliphatic rings. The minimum Gasteiger partial charge on any atom is -0.500 e. The summed E-state index contributed by atoms with van der Waals surface area (Å²) < 4.78 is 69.3. The van der Waals surface area contributed by atoms with Gasteiger partial charge in [0.15, 0.2) is 31.0 Å². The molecule has 170 valence electrons. The van der Waals surface area contributed by atoms with Crippen molar-refractivity contribution in [2.24, 2.45) is 5.92 Å². The van der Waals surface area contributed by atoms with E-state index in [9.17, 15) is 17.6 Å². The smallest absolute Gasteiger partial charge is 0.201 e. The van der Waals surface area contributed by atoms with Crippen molar-refractivity contribution in [1.29, 1.82) is 0 Å². The number of hydrogen-bond acceptors (Lipinski definition) is 2. The number of ether oxygens (including phenoxy) is 2. The Bertz CT molecular complexity index is 1160. The molecule has 0 N–H and O–H groups in total. The van der Waals surface area contributed by atoms with E-state index in [-0.39, 0.29) is 34.9 Å². The van der Waals surface area contributed by atoms with Gasteiger partial charge in [0.05, 0.1) is 19.2 Å². The zero-order valence-electron chi connectivity index (χ0n) is 18.2. The fourth-order valence-corrected chi connectivity index (χ4v) is 4.09. The first-order valence-corrected chi connectivity index (χ1v) is 10.9. The van der Waals surface area contributed by atoms with Crippen LogP contribution in [-0.4, -0.2) is 21.0 Å². The second-order valence-corrected chi connectivity index (χ2v) is 7.98. The summed E-state index contributed by atoms with van der Waals surface area (Å²) in [6, 6.07) is 12.0. The van der Waals surface area contributed by atoms with E-state index in [1.165, 1.54) is 18.2 Å². The summed E-state index contributed by atoms with van der Waals surface area (Å²) in [5.74, 6) is -3.92. The van der Waals surface area contributed by atoms with Crippen LogP contribution in [0, 0.1) is 29.2 Å². The Kier molecular flexibility index (Phi) is 6.89. The van der Waals surface area contributed by atoms with E-state index < -0.39 is 29.4 Å². The zero-order chi connectivity index (χ0) is 23.5. The van der Waals surface area contributed by atoms with Crippen LogP contribution in [0.2, 0.25) is 0 Å². The standard InChI is InChI=1S/C26H23BF4O2/c1-2-15-3-11-21(32-13-15)20-9-8-18(23(28)25(20)30)16-4-6-17(7-5-16)19-10-12-22(33-14-27)26(31)24(19)29/h2,4-10,12,15,21H,1,3,11,13-14,27H2. The Morgan fingerprint density at radius 1 is 0.848 bits per heavy atom. The summed E-state index contributed by atoms with van der Waals surface area (Å²) in [4.78, 5) is 0. The summed E-state index contributed by atoms with van der Waals surface area (Å²) in [6.07, 6.45) is 2.71. The molecule has 3 aromatic carbocycles. The minimum absolute atomic E-state index is 0.0526. The van der Waals surface area contributed by atoms with Gasteiger partial charge in [-0.2, -0.15) is 4.39 Å². The third-order valence-electron chi connectivity index (χ3n) is 5.96. The van der Waals surface area contributed by atoms with Crippen LogP contribution in [0.15, 0.2) is 61.2 Å². The van der Waals surface area contributed by atoms with Crippen LogP contribution in [0.5, 0.6) is 5.75 Å². The third kappa shape index (κ3) is 4.55. The van der Waals surface area contributed by atoms with Crippen LogP contribution < -0.4 is 4.74 Å². The minimum atomic E-state index is -1.06. The molecular formula is C26H23BF4O2. The van der Waals surface area contributed by atoms with Crippen molar-refractivity contribution in [1.82, 2.24) is 0 Å². The second kappa shape index (κ2) is 9.83. The van der Waals surface area contributed by atoms with E-state index in [2.05, 4.69) is 6.58 Å². The van der Waals surface area contributed by atoms with Crippen molar-refractivity contribution >= 4 is 7.85 Å². The van der Waals surface area contributed by atoms with Crippen LogP contribution in [0.4, 0.5) is 17.6 Å². The fraction of sp³-hybridized carbons (Fsp3) is 0.231. The summed E-state index contributed by atoms with van der Waals surface area (Å²) >= 11 is 0. The van der Waals surface area contributed by atoms with Gasteiger partial charge in [-0.15, -0.1) is 6.58 Å². The average molecular weight is 454 g/mol. The predicted octanol–water partition coefficient (Wildman–Crippen LogP) is 6.20. The Hall–Kier alpha value is -3.06. The van der Waals surface area contributed by atoms with E-state index in [4.69, 9.17) is 9.47 Å². The summed E-state index contributed by atoms with van der Waals surface area (Å²) in [5, 5.41) is 0. The molecule has 2 atom stereocenters. The van der Waals surface area contributed by atoms with Gasteiger partial charge in [0, 0.05) is 22.6 Å². The van der Waals surface area contributed by atoms with Crippen molar-refractivity contribution in [2.45, 2.75) is 18.9 Å². The topological polar surface area (TPSA) is 18.5 Å². The summed E-state index contributed by atoms with van der Waals surface area (Å²) in [6.45, 7) is 4.39. The molecule has 0 spiro atoms. The summed E-state index contributed by atoms with van der Waals surface area (Å²) in [7, 11) is 1.68.